The van der Waals surface area contributed by atoms with Gasteiger partial charge in [-0.05, 0) is 56.0 Å². The molecule has 1 aromatic rings. The summed E-state index contributed by atoms with van der Waals surface area (Å²) in [5.74, 6) is 0.670. The second kappa shape index (κ2) is 7.26. The van der Waals surface area contributed by atoms with Crippen molar-refractivity contribution >= 4 is 11.6 Å². The number of nitrogens with one attached hydrogen (secondary N) is 2. The lowest BCUT2D eigenvalue weighted by Gasteiger charge is -2.22. The molecule has 19 heavy (non-hydrogen) atoms. The summed E-state index contributed by atoms with van der Waals surface area (Å²) in [5, 5.41) is 6.18. The minimum absolute atomic E-state index is 0.0941. The zero-order valence-electron chi connectivity index (χ0n) is 11.4. The Labute approximate surface area is 114 Å². The number of benzene rings is 1. The number of carbonyl (C=O) groups is 1. The van der Waals surface area contributed by atoms with E-state index in [0.717, 1.165) is 31.1 Å². The van der Waals surface area contributed by atoms with Crippen molar-refractivity contribution in [2.24, 2.45) is 5.92 Å². The van der Waals surface area contributed by atoms with E-state index in [0.29, 0.717) is 0 Å². The SMILES string of the molecule is COCC(=O)Nc1ccc(CC2CCNCC2)cc1. The summed E-state index contributed by atoms with van der Waals surface area (Å²) in [5.41, 5.74) is 2.17. The Morgan fingerprint density at radius 1 is 1.32 bits per heavy atom. The molecule has 0 aliphatic carbocycles. The van der Waals surface area contributed by atoms with Crippen molar-refractivity contribution in [2.75, 3.05) is 32.1 Å². The van der Waals surface area contributed by atoms with Crippen LogP contribution in [0.25, 0.3) is 0 Å². The molecule has 0 radical (unpaired) electrons. The maximum absolute atomic E-state index is 11.4. The zero-order chi connectivity index (χ0) is 13.5. The quantitative estimate of drug-likeness (QED) is 0.851. The maximum atomic E-state index is 11.4. The Kier molecular flexibility index (Phi) is 5.36. The molecule has 1 aromatic carbocycles. The van der Waals surface area contributed by atoms with E-state index in [1.54, 1.807) is 0 Å². The molecule has 0 saturated carbocycles. The van der Waals surface area contributed by atoms with Gasteiger partial charge in [-0.3, -0.25) is 4.79 Å². The molecule has 0 aromatic heterocycles. The average Bonchev–Trinajstić information content (AvgIpc) is 2.42. The molecule has 1 amide bonds. The van der Waals surface area contributed by atoms with Crippen LogP contribution in [0, 0.1) is 5.92 Å². The van der Waals surface area contributed by atoms with E-state index < -0.39 is 0 Å². The van der Waals surface area contributed by atoms with E-state index in [2.05, 4.69) is 22.8 Å². The molecule has 1 aliphatic rings. The number of amides is 1. The van der Waals surface area contributed by atoms with Crippen LogP contribution in [0.4, 0.5) is 5.69 Å². The molecule has 4 nitrogen and oxygen atoms in total. The molecule has 1 saturated heterocycles. The highest BCUT2D eigenvalue weighted by Crippen LogP contribution is 2.19. The van der Waals surface area contributed by atoms with E-state index in [1.807, 2.05) is 12.1 Å². The van der Waals surface area contributed by atoms with E-state index in [-0.39, 0.29) is 12.5 Å². The van der Waals surface area contributed by atoms with E-state index in [9.17, 15) is 4.79 Å². The molecule has 1 heterocycles. The summed E-state index contributed by atoms with van der Waals surface area (Å²) in [7, 11) is 1.52. The lowest BCUT2D eigenvalue weighted by Crippen LogP contribution is -2.28. The first kappa shape index (κ1) is 14.0. The van der Waals surface area contributed by atoms with Gasteiger partial charge in [-0.1, -0.05) is 12.1 Å². The topological polar surface area (TPSA) is 50.4 Å². The second-order valence-electron chi connectivity index (χ2n) is 5.08. The van der Waals surface area contributed by atoms with Crippen LogP contribution in [0.1, 0.15) is 18.4 Å². The summed E-state index contributed by atoms with van der Waals surface area (Å²) < 4.78 is 4.78. The smallest absolute Gasteiger partial charge is 0.250 e. The molecular weight excluding hydrogens is 240 g/mol. The van der Waals surface area contributed by atoms with Gasteiger partial charge in [0.05, 0.1) is 0 Å². The Morgan fingerprint density at radius 3 is 2.63 bits per heavy atom. The van der Waals surface area contributed by atoms with Gasteiger partial charge >= 0.3 is 0 Å². The Morgan fingerprint density at radius 2 is 2.00 bits per heavy atom. The van der Waals surface area contributed by atoms with Gasteiger partial charge in [-0.15, -0.1) is 0 Å². The summed E-state index contributed by atoms with van der Waals surface area (Å²) in [6.45, 7) is 2.36. The summed E-state index contributed by atoms with van der Waals surface area (Å²) in [6.07, 6.45) is 3.65. The van der Waals surface area contributed by atoms with Crippen LogP contribution in [-0.4, -0.2) is 32.7 Å². The fraction of sp³-hybridized carbons (Fsp3) is 0.533. The zero-order valence-corrected chi connectivity index (χ0v) is 11.4. The number of carbonyl (C=O) groups excluding carboxylic acids is 1. The number of anilines is 1. The van der Waals surface area contributed by atoms with Crippen molar-refractivity contribution in [3.63, 3.8) is 0 Å². The molecule has 2 N–H and O–H groups in total. The van der Waals surface area contributed by atoms with Crippen molar-refractivity contribution in [1.82, 2.24) is 5.32 Å². The predicted octanol–water partition coefficient (Wildman–Crippen LogP) is 1.81. The van der Waals surface area contributed by atoms with Gasteiger partial charge in [0.2, 0.25) is 5.91 Å². The number of hydrogen-bond donors (Lipinski definition) is 2. The molecule has 0 spiro atoms. The molecule has 0 atom stereocenters. The molecular formula is C15H22N2O2. The van der Waals surface area contributed by atoms with Gasteiger partial charge in [-0.25, -0.2) is 0 Å². The molecule has 0 unspecified atom stereocenters. The van der Waals surface area contributed by atoms with E-state index in [4.69, 9.17) is 4.74 Å². The number of methoxy groups -OCH3 is 1. The Bertz CT molecular complexity index is 397. The highest BCUT2D eigenvalue weighted by Gasteiger charge is 2.13. The largest absolute Gasteiger partial charge is 0.375 e. The molecule has 4 heteroatoms. The molecule has 2 rings (SSSR count). The number of hydrogen-bond acceptors (Lipinski definition) is 3. The van der Waals surface area contributed by atoms with Crippen LogP contribution in [0.15, 0.2) is 24.3 Å². The normalized spacial score (nSPS) is 16.3. The van der Waals surface area contributed by atoms with Gasteiger partial charge in [-0.2, -0.15) is 0 Å². The summed E-state index contributed by atoms with van der Waals surface area (Å²) >= 11 is 0. The van der Waals surface area contributed by atoms with Crippen molar-refractivity contribution < 1.29 is 9.53 Å². The first-order chi connectivity index (χ1) is 9.28. The molecule has 104 valence electrons. The first-order valence-electron chi connectivity index (χ1n) is 6.86. The third kappa shape index (κ3) is 4.65. The molecule has 1 fully saturated rings. The van der Waals surface area contributed by atoms with Crippen molar-refractivity contribution in [3.05, 3.63) is 29.8 Å². The van der Waals surface area contributed by atoms with Crippen LogP contribution < -0.4 is 10.6 Å². The average molecular weight is 262 g/mol. The Hall–Kier alpha value is -1.39. The fourth-order valence-corrected chi connectivity index (χ4v) is 2.47. The number of piperidine rings is 1. The van der Waals surface area contributed by atoms with Crippen molar-refractivity contribution in [3.8, 4) is 0 Å². The van der Waals surface area contributed by atoms with E-state index in [1.165, 1.54) is 25.5 Å². The third-order valence-corrected chi connectivity index (χ3v) is 3.50. The minimum Gasteiger partial charge on any atom is -0.375 e. The lowest BCUT2D eigenvalue weighted by atomic mass is 9.91. The van der Waals surface area contributed by atoms with Crippen LogP contribution in [0.3, 0.4) is 0 Å². The van der Waals surface area contributed by atoms with Crippen molar-refractivity contribution in [1.29, 1.82) is 0 Å². The van der Waals surface area contributed by atoms with Gasteiger partial charge in [0.25, 0.3) is 0 Å². The highest BCUT2D eigenvalue weighted by atomic mass is 16.5. The fourth-order valence-electron chi connectivity index (χ4n) is 2.47. The van der Waals surface area contributed by atoms with Crippen LogP contribution in [-0.2, 0) is 16.0 Å². The van der Waals surface area contributed by atoms with Gasteiger partial charge < -0.3 is 15.4 Å². The molecule has 0 bridgehead atoms. The third-order valence-electron chi connectivity index (χ3n) is 3.50. The first-order valence-corrected chi connectivity index (χ1v) is 6.86. The summed E-state index contributed by atoms with van der Waals surface area (Å²) in [6, 6.07) is 8.13. The Balaban J connectivity index is 1.85. The van der Waals surface area contributed by atoms with Gasteiger partial charge in [0.1, 0.15) is 6.61 Å². The second-order valence-corrected chi connectivity index (χ2v) is 5.08. The van der Waals surface area contributed by atoms with Gasteiger partial charge in [0, 0.05) is 12.8 Å². The minimum atomic E-state index is -0.117. The monoisotopic (exact) mass is 262 g/mol. The van der Waals surface area contributed by atoms with Crippen LogP contribution >= 0.6 is 0 Å². The van der Waals surface area contributed by atoms with Crippen LogP contribution in [0.5, 0.6) is 0 Å². The predicted molar refractivity (Wildman–Crippen MR) is 76.2 cm³/mol. The number of ether oxygens (including phenoxy) is 1. The molecule has 1 aliphatic heterocycles. The highest BCUT2D eigenvalue weighted by molar-refractivity contribution is 5.91. The van der Waals surface area contributed by atoms with Crippen LogP contribution in [0.2, 0.25) is 0 Å². The standard InChI is InChI=1S/C15H22N2O2/c1-19-11-15(18)17-14-4-2-12(3-5-14)10-13-6-8-16-9-7-13/h2-5,13,16H,6-11H2,1H3,(H,17,18). The lowest BCUT2D eigenvalue weighted by molar-refractivity contribution is -0.119. The van der Waals surface area contributed by atoms with Crippen molar-refractivity contribution in [2.45, 2.75) is 19.3 Å². The maximum Gasteiger partial charge on any atom is 0.250 e. The van der Waals surface area contributed by atoms with E-state index >= 15 is 0 Å². The number of rotatable bonds is 5. The summed E-state index contributed by atoms with van der Waals surface area (Å²) in [4.78, 5) is 11.4. The van der Waals surface area contributed by atoms with Gasteiger partial charge in [0.15, 0.2) is 0 Å².